The lowest BCUT2D eigenvalue weighted by Gasteiger charge is -2.07. The SMILES string of the molecule is Cc1nnnn1/C(=C\c1ccccc1)C(=O)OC/C=C/c1ccccc1. The lowest BCUT2D eigenvalue weighted by atomic mass is 10.2. The highest BCUT2D eigenvalue weighted by Gasteiger charge is 2.17. The van der Waals surface area contributed by atoms with Crippen LogP contribution in [0.5, 0.6) is 0 Å². The first-order chi connectivity index (χ1) is 12.7. The number of rotatable bonds is 6. The lowest BCUT2D eigenvalue weighted by Crippen LogP contribution is -2.15. The van der Waals surface area contributed by atoms with E-state index in [1.165, 1.54) is 4.68 Å². The Labute approximate surface area is 151 Å². The summed E-state index contributed by atoms with van der Waals surface area (Å²) < 4.78 is 6.74. The summed E-state index contributed by atoms with van der Waals surface area (Å²) in [6.07, 6.45) is 5.39. The minimum Gasteiger partial charge on any atom is -0.457 e. The van der Waals surface area contributed by atoms with Crippen molar-refractivity contribution in [3.8, 4) is 0 Å². The standard InChI is InChI=1S/C20H18N4O2/c1-16-21-22-23-24(16)19(15-18-11-6-3-7-12-18)20(25)26-14-8-13-17-9-4-2-5-10-17/h2-13,15H,14H2,1H3/b13-8+,19-15-. The van der Waals surface area contributed by atoms with E-state index in [1.807, 2.05) is 66.7 Å². The van der Waals surface area contributed by atoms with Gasteiger partial charge in [0.2, 0.25) is 0 Å². The van der Waals surface area contributed by atoms with Crippen molar-refractivity contribution < 1.29 is 9.53 Å². The van der Waals surface area contributed by atoms with Gasteiger partial charge in [-0.1, -0.05) is 66.7 Å². The van der Waals surface area contributed by atoms with Gasteiger partial charge in [0.15, 0.2) is 11.5 Å². The monoisotopic (exact) mass is 346 g/mol. The molecule has 0 aliphatic heterocycles. The Bertz CT molecular complexity index is 915. The van der Waals surface area contributed by atoms with Crippen LogP contribution < -0.4 is 0 Å². The van der Waals surface area contributed by atoms with Crippen LogP contribution in [0.25, 0.3) is 17.8 Å². The predicted molar refractivity (Wildman–Crippen MR) is 99.6 cm³/mol. The average molecular weight is 346 g/mol. The van der Waals surface area contributed by atoms with Crippen molar-refractivity contribution in [2.24, 2.45) is 0 Å². The number of hydrogen-bond acceptors (Lipinski definition) is 5. The van der Waals surface area contributed by atoms with Gasteiger partial charge in [-0.3, -0.25) is 0 Å². The van der Waals surface area contributed by atoms with Crippen LogP contribution in [0.15, 0.2) is 66.7 Å². The summed E-state index contributed by atoms with van der Waals surface area (Å²) in [7, 11) is 0. The first-order valence-electron chi connectivity index (χ1n) is 8.15. The molecule has 0 unspecified atom stereocenters. The molecule has 0 saturated heterocycles. The summed E-state index contributed by atoms with van der Waals surface area (Å²) in [5.74, 6) is 0.00548. The Balaban J connectivity index is 1.74. The Morgan fingerprint density at radius 1 is 1.04 bits per heavy atom. The van der Waals surface area contributed by atoms with E-state index >= 15 is 0 Å². The van der Waals surface area contributed by atoms with E-state index in [-0.39, 0.29) is 12.3 Å². The molecule has 0 bridgehead atoms. The van der Waals surface area contributed by atoms with Gasteiger partial charge in [0.25, 0.3) is 0 Å². The van der Waals surface area contributed by atoms with E-state index < -0.39 is 5.97 Å². The van der Waals surface area contributed by atoms with E-state index in [9.17, 15) is 4.79 Å². The largest absolute Gasteiger partial charge is 0.457 e. The van der Waals surface area contributed by atoms with E-state index in [2.05, 4.69) is 15.5 Å². The summed E-state index contributed by atoms with van der Waals surface area (Å²) in [4.78, 5) is 12.6. The highest BCUT2D eigenvalue weighted by molar-refractivity contribution is 6.15. The summed E-state index contributed by atoms with van der Waals surface area (Å²) in [6.45, 7) is 1.88. The Morgan fingerprint density at radius 2 is 1.69 bits per heavy atom. The van der Waals surface area contributed by atoms with E-state index in [0.29, 0.717) is 5.82 Å². The number of ether oxygens (including phenoxy) is 1. The molecule has 26 heavy (non-hydrogen) atoms. The molecule has 130 valence electrons. The molecule has 2 aromatic carbocycles. The van der Waals surface area contributed by atoms with Gasteiger partial charge < -0.3 is 4.74 Å². The molecule has 3 aromatic rings. The fourth-order valence-electron chi connectivity index (χ4n) is 2.31. The van der Waals surface area contributed by atoms with Crippen molar-refractivity contribution in [1.29, 1.82) is 0 Å². The molecule has 0 fully saturated rings. The number of aryl methyl sites for hydroxylation is 1. The lowest BCUT2D eigenvalue weighted by molar-refractivity contribution is -0.135. The zero-order chi connectivity index (χ0) is 18.2. The summed E-state index contributed by atoms with van der Waals surface area (Å²) in [6, 6.07) is 19.3. The zero-order valence-electron chi connectivity index (χ0n) is 14.3. The first-order valence-corrected chi connectivity index (χ1v) is 8.15. The van der Waals surface area contributed by atoms with E-state index in [4.69, 9.17) is 4.74 Å². The molecule has 0 aliphatic rings. The highest BCUT2D eigenvalue weighted by Crippen LogP contribution is 2.13. The molecule has 0 spiro atoms. The quantitative estimate of drug-likeness (QED) is 0.506. The average Bonchev–Trinajstić information content (AvgIpc) is 3.10. The van der Waals surface area contributed by atoms with Gasteiger partial charge in [-0.25, -0.2) is 4.79 Å². The van der Waals surface area contributed by atoms with Crippen LogP contribution in [0.3, 0.4) is 0 Å². The van der Waals surface area contributed by atoms with Crippen LogP contribution in [-0.2, 0) is 9.53 Å². The second-order valence-electron chi connectivity index (χ2n) is 5.49. The van der Waals surface area contributed by atoms with Crippen LogP contribution >= 0.6 is 0 Å². The van der Waals surface area contributed by atoms with Crippen molar-refractivity contribution in [1.82, 2.24) is 20.2 Å². The third-order valence-corrected chi connectivity index (χ3v) is 3.59. The van der Waals surface area contributed by atoms with Crippen molar-refractivity contribution in [2.75, 3.05) is 6.61 Å². The van der Waals surface area contributed by atoms with E-state index in [1.54, 1.807) is 19.1 Å². The number of hydrogen-bond donors (Lipinski definition) is 0. The van der Waals surface area contributed by atoms with Crippen molar-refractivity contribution >= 4 is 23.8 Å². The van der Waals surface area contributed by atoms with Crippen LogP contribution in [0, 0.1) is 6.92 Å². The van der Waals surface area contributed by atoms with Crippen LogP contribution in [0.4, 0.5) is 0 Å². The molecular weight excluding hydrogens is 328 g/mol. The van der Waals surface area contributed by atoms with Crippen LogP contribution in [0.2, 0.25) is 0 Å². The summed E-state index contributed by atoms with van der Waals surface area (Å²) >= 11 is 0. The first kappa shape index (κ1) is 17.3. The second-order valence-corrected chi connectivity index (χ2v) is 5.49. The normalized spacial score (nSPS) is 11.7. The van der Waals surface area contributed by atoms with Crippen molar-refractivity contribution in [3.63, 3.8) is 0 Å². The predicted octanol–water partition coefficient (Wildman–Crippen LogP) is 3.24. The number of aromatic nitrogens is 4. The van der Waals surface area contributed by atoms with Gasteiger partial charge in [-0.2, -0.15) is 4.68 Å². The number of esters is 1. The Hall–Kier alpha value is -3.54. The highest BCUT2D eigenvalue weighted by atomic mass is 16.5. The van der Waals surface area contributed by atoms with Crippen LogP contribution in [-0.4, -0.2) is 32.8 Å². The Morgan fingerprint density at radius 3 is 2.31 bits per heavy atom. The molecule has 0 amide bonds. The van der Waals surface area contributed by atoms with Gasteiger partial charge in [0.05, 0.1) is 0 Å². The Kier molecular flexibility index (Phi) is 5.67. The van der Waals surface area contributed by atoms with Crippen molar-refractivity contribution in [3.05, 3.63) is 83.7 Å². The third-order valence-electron chi connectivity index (χ3n) is 3.59. The second kappa shape index (κ2) is 8.53. The number of tetrazole rings is 1. The van der Waals surface area contributed by atoms with Gasteiger partial charge in [-0.05, 0) is 40.6 Å². The maximum absolute atomic E-state index is 12.6. The maximum Gasteiger partial charge on any atom is 0.357 e. The van der Waals surface area contributed by atoms with Gasteiger partial charge >= 0.3 is 5.97 Å². The van der Waals surface area contributed by atoms with Gasteiger partial charge in [0.1, 0.15) is 6.61 Å². The number of carbonyl (C=O) groups is 1. The molecule has 6 nitrogen and oxygen atoms in total. The topological polar surface area (TPSA) is 69.9 Å². The van der Waals surface area contributed by atoms with Gasteiger partial charge in [-0.15, -0.1) is 5.10 Å². The molecular formula is C20H18N4O2. The smallest absolute Gasteiger partial charge is 0.357 e. The molecule has 0 radical (unpaired) electrons. The number of nitrogens with zero attached hydrogens (tertiary/aromatic N) is 4. The third kappa shape index (κ3) is 4.51. The fourth-order valence-corrected chi connectivity index (χ4v) is 2.31. The molecule has 0 aliphatic carbocycles. The number of benzene rings is 2. The molecule has 1 heterocycles. The minimum atomic E-state index is -0.498. The molecule has 0 saturated carbocycles. The molecule has 0 N–H and O–H groups in total. The molecule has 0 atom stereocenters. The number of carbonyl (C=O) groups excluding carboxylic acids is 1. The minimum absolute atomic E-state index is 0.154. The fraction of sp³-hybridized carbons (Fsp3) is 0.100. The molecule has 1 aromatic heterocycles. The summed E-state index contributed by atoms with van der Waals surface area (Å²) in [5.41, 5.74) is 2.15. The molecule has 6 heteroatoms. The van der Waals surface area contributed by atoms with Gasteiger partial charge in [0, 0.05) is 0 Å². The summed E-state index contributed by atoms with van der Waals surface area (Å²) in [5, 5.41) is 11.3. The molecule has 3 rings (SSSR count). The van der Waals surface area contributed by atoms with Crippen molar-refractivity contribution in [2.45, 2.75) is 6.92 Å². The zero-order valence-corrected chi connectivity index (χ0v) is 14.3. The maximum atomic E-state index is 12.6. The van der Waals surface area contributed by atoms with E-state index in [0.717, 1.165) is 11.1 Å². The van der Waals surface area contributed by atoms with Crippen LogP contribution in [0.1, 0.15) is 17.0 Å².